The molecule has 1 aromatic rings. The fourth-order valence-corrected chi connectivity index (χ4v) is 4.57. The molecule has 3 heteroatoms. The van der Waals surface area contributed by atoms with E-state index in [9.17, 15) is 0 Å². The molecule has 0 radical (unpaired) electrons. The number of allylic oxidation sites excluding steroid dienone is 2. The Kier molecular flexibility index (Phi) is 4.44. The van der Waals surface area contributed by atoms with Crippen LogP contribution in [-0.2, 0) is 6.42 Å². The van der Waals surface area contributed by atoms with Crippen LogP contribution in [-0.4, -0.2) is 11.2 Å². The average molecular weight is 312 g/mol. The molecule has 2 atom stereocenters. The third-order valence-corrected chi connectivity index (χ3v) is 5.99. The Morgan fingerprint density at radius 2 is 1.95 bits per heavy atom. The minimum Gasteiger partial charge on any atom is -0.387 e. The lowest BCUT2D eigenvalue weighted by atomic mass is 9.85. The third kappa shape index (κ3) is 2.87. The van der Waals surface area contributed by atoms with E-state index in [2.05, 4.69) is 51.1 Å². The van der Waals surface area contributed by atoms with Gasteiger partial charge in [-0.2, -0.15) is 0 Å². The molecule has 0 saturated carbocycles. The Morgan fingerprint density at radius 3 is 2.64 bits per heavy atom. The van der Waals surface area contributed by atoms with E-state index in [1.54, 1.807) is 0 Å². The molecule has 0 fully saturated rings. The molecule has 22 heavy (non-hydrogen) atoms. The first kappa shape index (κ1) is 15.4. The smallest absolute Gasteiger partial charge is 0.112 e. The molecule has 0 amide bonds. The molecule has 0 bridgehead atoms. The average Bonchev–Trinajstić information content (AvgIpc) is 2.76. The van der Waals surface area contributed by atoms with Gasteiger partial charge in [0.25, 0.3) is 0 Å². The van der Waals surface area contributed by atoms with Crippen LogP contribution in [0.3, 0.4) is 0 Å². The maximum Gasteiger partial charge on any atom is 0.112 e. The minimum absolute atomic E-state index is 0.206. The van der Waals surface area contributed by atoms with E-state index in [1.165, 1.54) is 27.2 Å². The molecule has 0 aromatic heterocycles. The van der Waals surface area contributed by atoms with Crippen LogP contribution in [0.2, 0.25) is 0 Å². The maximum atomic E-state index is 6.06. The zero-order valence-electron chi connectivity index (χ0n) is 13.6. The van der Waals surface area contributed by atoms with Gasteiger partial charge in [0, 0.05) is 12.3 Å². The number of hydrogen-bond acceptors (Lipinski definition) is 3. The van der Waals surface area contributed by atoms with E-state index in [4.69, 9.17) is 10.7 Å². The number of hydrogen-bond donors (Lipinski definition) is 1. The Hall–Kier alpha value is -1.48. The van der Waals surface area contributed by atoms with Gasteiger partial charge < -0.3 is 5.73 Å². The molecule has 2 aliphatic heterocycles. The summed E-state index contributed by atoms with van der Waals surface area (Å²) in [5.41, 5.74) is 11.6. The van der Waals surface area contributed by atoms with Gasteiger partial charge >= 0.3 is 0 Å². The van der Waals surface area contributed by atoms with Crippen molar-refractivity contribution in [2.75, 3.05) is 0 Å². The summed E-state index contributed by atoms with van der Waals surface area (Å²) in [6, 6.07) is 9.02. The molecule has 116 valence electrons. The van der Waals surface area contributed by atoms with Crippen LogP contribution in [0.4, 0.5) is 0 Å². The quantitative estimate of drug-likeness (QED) is 0.854. The Balaban J connectivity index is 2.02. The number of benzene rings is 1. The lowest BCUT2D eigenvalue weighted by Gasteiger charge is -2.24. The second kappa shape index (κ2) is 6.33. The zero-order valence-corrected chi connectivity index (χ0v) is 14.4. The highest BCUT2D eigenvalue weighted by Crippen LogP contribution is 2.49. The van der Waals surface area contributed by atoms with Gasteiger partial charge in [-0.3, -0.25) is 4.99 Å². The monoisotopic (exact) mass is 312 g/mol. The number of aryl methyl sites for hydroxylation is 1. The number of nitrogens with two attached hydrogens (primary N) is 1. The molecule has 1 aromatic carbocycles. The first-order chi connectivity index (χ1) is 10.6. The highest BCUT2D eigenvalue weighted by molar-refractivity contribution is 8.03. The van der Waals surface area contributed by atoms with Crippen LogP contribution >= 0.6 is 11.8 Å². The van der Waals surface area contributed by atoms with Crippen molar-refractivity contribution in [3.8, 4) is 0 Å². The topological polar surface area (TPSA) is 38.4 Å². The number of fused-ring (bicyclic) bond motifs is 1. The van der Waals surface area contributed by atoms with E-state index in [0.29, 0.717) is 5.92 Å². The predicted molar refractivity (Wildman–Crippen MR) is 97.9 cm³/mol. The van der Waals surface area contributed by atoms with Crippen LogP contribution in [0.25, 0.3) is 5.57 Å². The molecular weight excluding hydrogens is 288 g/mol. The van der Waals surface area contributed by atoms with Crippen molar-refractivity contribution in [1.82, 2.24) is 0 Å². The second-order valence-corrected chi connectivity index (χ2v) is 7.43. The molecule has 0 aliphatic carbocycles. The van der Waals surface area contributed by atoms with Crippen LogP contribution in [0, 0.1) is 5.92 Å². The molecule has 0 saturated heterocycles. The highest BCUT2D eigenvalue weighted by atomic mass is 32.2. The van der Waals surface area contributed by atoms with Crippen molar-refractivity contribution < 1.29 is 0 Å². The van der Waals surface area contributed by atoms with E-state index < -0.39 is 0 Å². The Labute approximate surface area is 137 Å². The third-order valence-electron chi connectivity index (χ3n) is 4.69. The first-order valence-corrected chi connectivity index (χ1v) is 8.93. The van der Waals surface area contributed by atoms with Gasteiger partial charge in [-0.05, 0) is 48.3 Å². The van der Waals surface area contributed by atoms with Crippen molar-refractivity contribution in [3.63, 3.8) is 0 Å². The van der Waals surface area contributed by atoms with Crippen molar-refractivity contribution in [1.29, 1.82) is 0 Å². The summed E-state index contributed by atoms with van der Waals surface area (Å²) in [5, 5.41) is 0.206. The van der Waals surface area contributed by atoms with Gasteiger partial charge in [0.1, 0.15) is 5.37 Å². The van der Waals surface area contributed by atoms with E-state index in [0.717, 1.165) is 25.1 Å². The summed E-state index contributed by atoms with van der Waals surface area (Å²) in [7, 11) is 0. The lowest BCUT2D eigenvalue weighted by Crippen LogP contribution is -2.22. The number of nitrogens with zero attached hydrogens (tertiary/aromatic N) is 1. The maximum absolute atomic E-state index is 6.06. The summed E-state index contributed by atoms with van der Waals surface area (Å²) in [6.07, 6.45) is 5.29. The lowest BCUT2D eigenvalue weighted by molar-refractivity contribution is 0.741. The van der Waals surface area contributed by atoms with Gasteiger partial charge in [0.05, 0.1) is 5.84 Å². The summed E-state index contributed by atoms with van der Waals surface area (Å²) in [5.74, 6) is 1.15. The van der Waals surface area contributed by atoms with Crippen molar-refractivity contribution >= 4 is 23.2 Å². The molecule has 3 rings (SSSR count). The number of amidine groups is 1. The van der Waals surface area contributed by atoms with E-state index in [-0.39, 0.29) is 5.37 Å². The van der Waals surface area contributed by atoms with Crippen LogP contribution in [0.5, 0.6) is 0 Å². The summed E-state index contributed by atoms with van der Waals surface area (Å²) >= 11 is 1.86. The van der Waals surface area contributed by atoms with Gasteiger partial charge in [-0.15, -0.1) is 11.8 Å². The summed E-state index contributed by atoms with van der Waals surface area (Å²) < 4.78 is 0. The van der Waals surface area contributed by atoms with Crippen molar-refractivity contribution in [3.05, 3.63) is 51.9 Å². The minimum atomic E-state index is 0.206. The van der Waals surface area contributed by atoms with Crippen LogP contribution in [0.1, 0.15) is 44.7 Å². The number of rotatable bonds is 2. The van der Waals surface area contributed by atoms with Gasteiger partial charge in [0.2, 0.25) is 0 Å². The number of aliphatic imine (C=N–C) groups is 1. The van der Waals surface area contributed by atoms with Crippen LogP contribution in [0.15, 0.2) is 45.8 Å². The van der Waals surface area contributed by atoms with E-state index >= 15 is 0 Å². The molecule has 2 unspecified atom stereocenters. The van der Waals surface area contributed by atoms with Crippen molar-refractivity contribution in [2.24, 2.45) is 16.6 Å². The first-order valence-electron chi connectivity index (χ1n) is 8.05. The Bertz CT molecular complexity index is 653. The zero-order chi connectivity index (χ0) is 15.7. The fraction of sp³-hybridized carbons (Fsp3) is 0.421. The second-order valence-electron chi connectivity index (χ2n) is 6.09. The highest BCUT2D eigenvalue weighted by Gasteiger charge is 2.35. The summed E-state index contributed by atoms with van der Waals surface area (Å²) in [6.45, 7) is 6.64. The van der Waals surface area contributed by atoms with Crippen LogP contribution < -0.4 is 5.73 Å². The van der Waals surface area contributed by atoms with Gasteiger partial charge in [-0.1, -0.05) is 42.8 Å². The molecule has 2 aliphatic rings. The SMILES string of the molecule is CCc1ccc(/C2=C/CC/C(N)=N\C3SC(C)=C(C)C23)cc1. The molecule has 0 spiro atoms. The number of thioether (sulfide) groups is 1. The van der Waals surface area contributed by atoms with Gasteiger partial charge in [0.15, 0.2) is 0 Å². The molecule has 2 heterocycles. The van der Waals surface area contributed by atoms with Gasteiger partial charge in [-0.25, -0.2) is 0 Å². The largest absolute Gasteiger partial charge is 0.387 e. The normalized spacial score (nSPS) is 30.0. The summed E-state index contributed by atoms with van der Waals surface area (Å²) in [4.78, 5) is 6.18. The van der Waals surface area contributed by atoms with E-state index in [1.807, 2.05) is 11.8 Å². The molecule has 2 N–H and O–H groups in total. The predicted octanol–water partition coefficient (Wildman–Crippen LogP) is 4.77. The Morgan fingerprint density at radius 1 is 1.23 bits per heavy atom. The molecule has 2 nitrogen and oxygen atoms in total. The molecular formula is C19H24N2S. The fourth-order valence-electron chi connectivity index (χ4n) is 3.22. The van der Waals surface area contributed by atoms with Crippen molar-refractivity contribution in [2.45, 2.75) is 45.4 Å². The standard InChI is InChI=1S/C19H24N2S/c1-4-14-8-10-15(11-9-14)16-6-5-7-17(20)21-19-18(16)12(2)13(3)22-19/h6,8-11,18-19H,4-5,7H2,1-3H3,(H2,20,21)/b16-6-.